The van der Waals surface area contributed by atoms with Crippen molar-refractivity contribution in [2.45, 2.75) is 45.1 Å². The lowest BCUT2D eigenvalue weighted by atomic mass is 10.0. The second-order valence-electron chi connectivity index (χ2n) is 5.30. The predicted molar refractivity (Wildman–Crippen MR) is 80.8 cm³/mol. The maximum absolute atomic E-state index is 10.9. The van der Waals surface area contributed by atoms with Crippen LogP contribution in [0.4, 0.5) is 0 Å². The van der Waals surface area contributed by atoms with E-state index in [4.69, 9.17) is 10.8 Å². The van der Waals surface area contributed by atoms with Gasteiger partial charge in [0.2, 0.25) is 0 Å². The summed E-state index contributed by atoms with van der Waals surface area (Å²) in [6.07, 6.45) is 6.93. The van der Waals surface area contributed by atoms with E-state index in [9.17, 15) is 4.79 Å². The first kappa shape index (κ1) is 14.6. The molecule has 2 aromatic rings. The minimum absolute atomic E-state index is 0.355. The third-order valence-corrected chi connectivity index (χ3v) is 3.66. The molecule has 1 unspecified atom stereocenters. The fourth-order valence-corrected chi connectivity index (χ4v) is 2.45. The number of carboxylic acids is 1. The Balaban J connectivity index is 2.19. The first-order chi connectivity index (χ1) is 9.61. The van der Waals surface area contributed by atoms with Crippen molar-refractivity contribution in [3.63, 3.8) is 0 Å². The van der Waals surface area contributed by atoms with Crippen LogP contribution in [0.3, 0.4) is 0 Å². The largest absolute Gasteiger partial charge is 0.480 e. The van der Waals surface area contributed by atoms with Gasteiger partial charge in [-0.05, 0) is 36.1 Å². The van der Waals surface area contributed by atoms with Gasteiger partial charge < -0.3 is 15.8 Å². The van der Waals surface area contributed by atoms with E-state index in [1.54, 1.807) is 0 Å². The Morgan fingerprint density at radius 1 is 1.40 bits per heavy atom. The Bertz CT molecular complexity index is 589. The van der Waals surface area contributed by atoms with Gasteiger partial charge in [0.1, 0.15) is 6.04 Å². The molecule has 0 aliphatic heterocycles. The molecule has 20 heavy (non-hydrogen) atoms. The Morgan fingerprint density at radius 2 is 2.20 bits per heavy atom. The van der Waals surface area contributed by atoms with Gasteiger partial charge in [-0.25, -0.2) is 0 Å². The SMILES string of the molecule is CCCCCc1ccc2[nH]cc(CC(N)C(=O)O)c2c1. The highest BCUT2D eigenvalue weighted by Crippen LogP contribution is 2.22. The normalized spacial score (nSPS) is 12.7. The van der Waals surface area contributed by atoms with E-state index in [1.165, 1.54) is 24.8 Å². The Morgan fingerprint density at radius 3 is 2.90 bits per heavy atom. The standard InChI is InChI=1S/C16H22N2O2/c1-2-3-4-5-11-6-7-15-13(8-11)12(10-18-15)9-14(17)16(19)20/h6-8,10,14,18H,2-5,9,17H2,1H3,(H,19,20). The topological polar surface area (TPSA) is 79.1 Å². The lowest BCUT2D eigenvalue weighted by molar-refractivity contribution is -0.138. The molecule has 0 aliphatic rings. The molecule has 0 bridgehead atoms. The number of nitrogens with two attached hydrogens (primary N) is 1. The number of hydrogen-bond donors (Lipinski definition) is 3. The van der Waals surface area contributed by atoms with E-state index in [0.29, 0.717) is 6.42 Å². The molecule has 4 heteroatoms. The number of hydrogen-bond acceptors (Lipinski definition) is 2. The molecule has 4 N–H and O–H groups in total. The quantitative estimate of drug-likeness (QED) is 0.679. The van der Waals surface area contributed by atoms with Gasteiger partial charge >= 0.3 is 5.97 Å². The Hall–Kier alpha value is -1.81. The number of nitrogens with one attached hydrogen (secondary N) is 1. The molecule has 108 valence electrons. The molecular weight excluding hydrogens is 252 g/mol. The van der Waals surface area contributed by atoms with E-state index in [-0.39, 0.29) is 0 Å². The maximum Gasteiger partial charge on any atom is 0.320 e. The summed E-state index contributed by atoms with van der Waals surface area (Å²) >= 11 is 0. The van der Waals surface area contributed by atoms with Gasteiger partial charge in [-0.3, -0.25) is 4.79 Å². The molecular formula is C16H22N2O2. The van der Waals surface area contributed by atoms with Crippen LogP contribution in [0.1, 0.15) is 37.3 Å². The average molecular weight is 274 g/mol. The average Bonchev–Trinajstić information content (AvgIpc) is 2.82. The van der Waals surface area contributed by atoms with Gasteiger partial charge in [0.25, 0.3) is 0 Å². The molecule has 1 aromatic heterocycles. The predicted octanol–water partition coefficient (Wildman–Crippen LogP) is 2.85. The molecule has 0 spiro atoms. The van der Waals surface area contributed by atoms with Crippen molar-refractivity contribution in [3.05, 3.63) is 35.5 Å². The van der Waals surface area contributed by atoms with Crippen molar-refractivity contribution in [1.82, 2.24) is 4.98 Å². The van der Waals surface area contributed by atoms with E-state index < -0.39 is 12.0 Å². The first-order valence-corrected chi connectivity index (χ1v) is 7.19. The summed E-state index contributed by atoms with van der Waals surface area (Å²) in [5.41, 5.74) is 8.94. The van der Waals surface area contributed by atoms with Crippen molar-refractivity contribution in [2.24, 2.45) is 5.73 Å². The van der Waals surface area contributed by atoms with Crippen molar-refractivity contribution >= 4 is 16.9 Å². The summed E-state index contributed by atoms with van der Waals surface area (Å²) in [5, 5.41) is 10.0. The molecule has 0 fully saturated rings. The number of aromatic amines is 1. The van der Waals surface area contributed by atoms with Crippen LogP contribution < -0.4 is 5.73 Å². The number of carboxylic acid groups (broad SMARTS) is 1. The molecule has 2 rings (SSSR count). The zero-order valence-electron chi connectivity index (χ0n) is 11.9. The van der Waals surface area contributed by atoms with Gasteiger partial charge in [0, 0.05) is 23.5 Å². The van der Waals surface area contributed by atoms with Crippen LogP contribution >= 0.6 is 0 Å². The van der Waals surface area contributed by atoms with Crippen LogP contribution in [-0.2, 0) is 17.6 Å². The molecule has 0 saturated carbocycles. The van der Waals surface area contributed by atoms with Crippen LogP contribution in [0.25, 0.3) is 10.9 Å². The molecule has 4 nitrogen and oxygen atoms in total. The summed E-state index contributed by atoms with van der Waals surface area (Å²) < 4.78 is 0. The van der Waals surface area contributed by atoms with Crippen LogP contribution in [0.15, 0.2) is 24.4 Å². The van der Waals surface area contributed by atoms with Crippen molar-refractivity contribution < 1.29 is 9.90 Å². The zero-order chi connectivity index (χ0) is 14.5. The number of aliphatic carboxylic acids is 1. The number of rotatable bonds is 7. The van der Waals surface area contributed by atoms with Crippen LogP contribution in [0.5, 0.6) is 0 Å². The molecule has 0 aliphatic carbocycles. The second-order valence-corrected chi connectivity index (χ2v) is 5.30. The monoisotopic (exact) mass is 274 g/mol. The molecule has 1 atom stereocenters. The highest BCUT2D eigenvalue weighted by molar-refractivity contribution is 5.85. The van der Waals surface area contributed by atoms with Gasteiger partial charge in [-0.2, -0.15) is 0 Å². The molecule has 0 radical (unpaired) electrons. The van der Waals surface area contributed by atoms with Crippen molar-refractivity contribution in [1.29, 1.82) is 0 Å². The zero-order valence-corrected chi connectivity index (χ0v) is 11.9. The van der Waals surface area contributed by atoms with Gasteiger partial charge in [0.15, 0.2) is 0 Å². The first-order valence-electron chi connectivity index (χ1n) is 7.19. The molecule has 1 aromatic carbocycles. The number of fused-ring (bicyclic) bond motifs is 1. The molecule has 1 heterocycles. The highest BCUT2D eigenvalue weighted by Gasteiger charge is 2.14. The van der Waals surface area contributed by atoms with Crippen molar-refractivity contribution in [2.75, 3.05) is 0 Å². The highest BCUT2D eigenvalue weighted by atomic mass is 16.4. The summed E-state index contributed by atoms with van der Waals surface area (Å²) in [7, 11) is 0. The fraction of sp³-hybridized carbons (Fsp3) is 0.438. The third-order valence-electron chi connectivity index (χ3n) is 3.66. The number of aromatic nitrogens is 1. The molecule has 0 saturated heterocycles. The van der Waals surface area contributed by atoms with E-state index >= 15 is 0 Å². The van der Waals surface area contributed by atoms with Gasteiger partial charge in [-0.15, -0.1) is 0 Å². The van der Waals surface area contributed by atoms with Crippen LogP contribution in [0.2, 0.25) is 0 Å². The Labute approximate surface area is 119 Å². The van der Waals surface area contributed by atoms with Crippen LogP contribution in [-0.4, -0.2) is 22.1 Å². The van der Waals surface area contributed by atoms with Crippen LogP contribution in [0, 0.1) is 0 Å². The van der Waals surface area contributed by atoms with E-state index in [1.807, 2.05) is 6.20 Å². The summed E-state index contributed by atoms with van der Waals surface area (Å²) in [6, 6.07) is 5.51. The number of H-pyrrole nitrogens is 1. The second kappa shape index (κ2) is 6.57. The number of benzene rings is 1. The number of aryl methyl sites for hydroxylation is 1. The summed E-state index contributed by atoms with van der Waals surface area (Å²) in [4.78, 5) is 14.0. The van der Waals surface area contributed by atoms with E-state index in [0.717, 1.165) is 22.9 Å². The number of carbonyl (C=O) groups is 1. The summed E-state index contributed by atoms with van der Waals surface area (Å²) in [5.74, 6) is -0.960. The Kier molecular flexibility index (Phi) is 4.79. The lowest BCUT2D eigenvalue weighted by Gasteiger charge is -2.06. The van der Waals surface area contributed by atoms with Crippen molar-refractivity contribution in [3.8, 4) is 0 Å². The fourth-order valence-electron chi connectivity index (χ4n) is 2.45. The van der Waals surface area contributed by atoms with Gasteiger partial charge in [0.05, 0.1) is 0 Å². The minimum Gasteiger partial charge on any atom is -0.480 e. The number of unbranched alkanes of at least 4 members (excludes halogenated alkanes) is 2. The van der Waals surface area contributed by atoms with E-state index in [2.05, 4.69) is 30.1 Å². The smallest absolute Gasteiger partial charge is 0.320 e. The molecule has 0 amide bonds. The lowest BCUT2D eigenvalue weighted by Crippen LogP contribution is -2.32. The third kappa shape index (κ3) is 3.39. The summed E-state index contributed by atoms with van der Waals surface area (Å²) in [6.45, 7) is 2.20. The van der Waals surface area contributed by atoms with Gasteiger partial charge in [-0.1, -0.05) is 25.8 Å². The minimum atomic E-state index is -0.960. The maximum atomic E-state index is 10.9.